The van der Waals surface area contributed by atoms with E-state index in [-0.39, 0.29) is 11.9 Å². The van der Waals surface area contributed by atoms with Gasteiger partial charge in [0.15, 0.2) is 0 Å². The molecule has 0 rings (SSSR count). The summed E-state index contributed by atoms with van der Waals surface area (Å²) in [5, 5.41) is 17.0. The van der Waals surface area contributed by atoms with Gasteiger partial charge in [-0.3, -0.25) is 4.79 Å². The summed E-state index contributed by atoms with van der Waals surface area (Å²) in [4.78, 5) is 13.4. The maximum atomic E-state index is 11.8. The third kappa shape index (κ3) is 8.56. The van der Waals surface area contributed by atoms with Crippen LogP contribution >= 0.6 is 11.8 Å². The number of hydrogen-bond donors (Lipinski definition) is 1. The largest absolute Gasteiger partial charge is 0.340 e. The molecule has 17 heavy (non-hydrogen) atoms. The summed E-state index contributed by atoms with van der Waals surface area (Å²) < 4.78 is 0. The number of nitriles is 2. The number of nitrogens with two attached hydrogens (primary N) is 1. The molecular formula is C11H18N4OS. The molecule has 1 amide bonds. The van der Waals surface area contributed by atoms with Crippen molar-refractivity contribution in [2.75, 3.05) is 24.6 Å². The van der Waals surface area contributed by atoms with E-state index in [0.717, 1.165) is 5.75 Å². The molecule has 0 radical (unpaired) electrons. The molecule has 0 aliphatic rings. The molecule has 5 nitrogen and oxygen atoms in total. The lowest BCUT2D eigenvalue weighted by atomic mass is 10.3. The predicted octanol–water partition coefficient (Wildman–Crippen LogP) is 0.723. The van der Waals surface area contributed by atoms with Crippen LogP contribution in [0.2, 0.25) is 0 Å². The van der Waals surface area contributed by atoms with Crippen molar-refractivity contribution in [1.82, 2.24) is 4.90 Å². The summed E-state index contributed by atoms with van der Waals surface area (Å²) in [7, 11) is 0. The fourth-order valence-electron chi connectivity index (χ4n) is 1.15. The number of carbonyl (C=O) groups is 1. The first-order chi connectivity index (χ1) is 8.11. The van der Waals surface area contributed by atoms with Crippen LogP contribution < -0.4 is 5.73 Å². The molecule has 0 aliphatic heterocycles. The third-order valence-electron chi connectivity index (χ3n) is 1.95. The summed E-state index contributed by atoms with van der Waals surface area (Å²) in [5.74, 6) is 1.07. The van der Waals surface area contributed by atoms with Crippen molar-refractivity contribution < 1.29 is 4.79 Å². The van der Waals surface area contributed by atoms with Crippen molar-refractivity contribution in [3.63, 3.8) is 0 Å². The Kier molecular flexibility index (Phi) is 9.22. The first-order valence-corrected chi connectivity index (χ1v) is 6.62. The highest BCUT2D eigenvalue weighted by atomic mass is 32.2. The number of nitrogens with zero attached hydrogens (tertiary/aromatic N) is 3. The van der Waals surface area contributed by atoms with Crippen molar-refractivity contribution in [3.8, 4) is 12.1 Å². The van der Waals surface area contributed by atoms with Gasteiger partial charge in [-0.05, 0) is 6.92 Å². The van der Waals surface area contributed by atoms with Gasteiger partial charge in [0, 0.05) is 24.9 Å². The average Bonchev–Trinajstić information content (AvgIpc) is 2.28. The molecule has 0 saturated heterocycles. The molecular weight excluding hydrogens is 236 g/mol. The Morgan fingerprint density at radius 2 is 1.88 bits per heavy atom. The minimum Gasteiger partial charge on any atom is -0.340 e. The van der Waals surface area contributed by atoms with Crippen LogP contribution in [-0.2, 0) is 4.79 Å². The van der Waals surface area contributed by atoms with Crippen LogP contribution in [0.1, 0.15) is 19.8 Å². The standard InChI is InChI=1S/C11H18N4OS/c1-10(14)8-17-9-11(16)15(6-2-4-12)7-3-5-13/h10H,2-3,6-9,14H2,1H3. The second kappa shape index (κ2) is 9.95. The molecule has 1 atom stereocenters. The normalized spacial score (nSPS) is 11.3. The van der Waals surface area contributed by atoms with E-state index in [1.54, 1.807) is 4.90 Å². The van der Waals surface area contributed by atoms with Crippen LogP contribution in [0.4, 0.5) is 0 Å². The zero-order valence-corrected chi connectivity index (χ0v) is 10.9. The molecule has 0 aliphatic carbocycles. The summed E-state index contributed by atoms with van der Waals surface area (Å²) in [6.45, 7) is 2.69. The topological polar surface area (TPSA) is 93.9 Å². The first-order valence-electron chi connectivity index (χ1n) is 5.46. The van der Waals surface area contributed by atoms with Gasteiger partial charge in [0.25, 0.3) is 0 Å². The van der Waals surface area contributed by atoms with E-state index in [1.165, 1.54) is 11.8 Å². The summed E-state index contributed by atoms with van der Waals surface area (Å²) >= 11 is 1.48. The highest BCUT2D eigenvalue weighted by Crippen LogP contribution is 2.05. The van der Waals surface area contributed by atoms with Crippen molar-refractivity contribution >= 4 is 17.7 Å². The first kappa shape index (κ1) is 15.8. The molecule has 0 saturated carbocycles. The van der Waals surface area contributed by atoms with E-state index in [0.29, 0.717) is 31.7 Å². The summed E-state index contributed by atoms with van der Waals surface area (Å²) in [6.07, 6.45) is 0.601. The quantitative estimate of drug-likeness (QED) is 0.689. The smallest absolute Gasteiger partial charge is 0.232 e. The van der Waals surface area contributed by atoms with E-state index < -0.39 is 0 Å². The zero-order valence-electron chi connectivity index (χ0n) is 10.1. The molecule has 0 aromatic rings. The maximum Gasteiger partial charge on any atom is 0.232 e. The molecule has 0 aromatic carbocycles. The summed E-state index contributed by atoms with van der Waals surface area (Å²) in [5.41, 5.74) is 5.58. The third-order valence-corrected chi connectivity index (χ3v) is 3.16. The number of hydrogen-bond acceptors (Lipinski definition) is 5. The van der Waals surface area contributed by atoms with Crippen LogP contribution in [0.15, 0.2) is 0 Å². The van der Waals surface area contributed by atoms with E-state index >= 15 is 0 Å². The van der Waals surface area contributed by atoms with Crippen LogP contribution in [0.5, 0.6) is 0 Å². The predicted molar refractivity (Wildman–Crippen MR) is 68.0 cm³/mol. The van der Waals surface area contributed by atoms with Crippen molar-refractivity contribution in [2.45, 2.75) is 25.8 Å². The average molecular weight is 254 g/mol. The Morgan fingerprint density at radius 3 is 2.29 bits per heavy atom. The maximum absolute atomic E-state index is 11.8. The Bertz CT molecular complexity index is 288. The Balaban J connectivity index is 4.04. The van der Waals surface area contributed by atoms with Crippen LogP contribution in [0.3, 0.4) is 0 Å². The second-order valence-electron chi connectivity index (χ2n) is 3.69. The van der Waals surface area contributed by atoms with Crippen LogP contribution in [0.25, 0.3) is 0 Å². The second-order valence-corrected chi connectivity index (χ2v) is 4.72. The van der Waals surface area contributed by atoms with E-state index in [1.807, 2.05) is 19.1 Å². The van der Waals surface area contributed by atoms with Gasteiger partial charge in [-0.15, -0.1) is 0 Å². The molecule has 0 bridgehead atoms. The molecule has 0 fully saturated rings. The number of carbonyl (C=O) groups excluding carboxylic acids is 1. The van der Waals surface area contributed by atoms with Gasteiger partial charge in [-0.25, -0.2) is 0 Å². The molecule has 6 heteroatoms. The Labute approximate surface area is 107 Å². The van der Waals surface area contributed by atoms with Crippen LogP contribution in [0, 0.1) is 22.7 Å². The van der Waals surface area contributed by atoms with E-state index in [9.17, 15) is 4.79 Å². The van der Waals surface area contributed by atoms with Gasteiger partial charge in [0.05, 0.1) is 30.7 Å². The van der Waals surface area contributed by atoms with Gasteiger partial charge in [0.2, 0.25) is 5.91 Å². The van der Waals surface area contributed by atoms with Gasteiger partial charge in [-0.1, -0.05) is 0 Å². The van der Waals surface area contributed by atoms with E-state index in [2.05, 4.69) is 0 Å². The Morgan fingerprint density at radius 1 is 1.35 bits per heavy atom. The summed E-state index contributed by atoms with van der Waals surface area (Å²) in [6, 6.07) is 4.07. The number of thioether (sulfide) groups is 1. The van der Waals surface area contributed by atoms with Crippen molar-refractivity contribution in [2.24, 2.45) is 5.73 Å². The highest BCUT2D eigenvalue weighted by molar-refractivity contribution is 7.99. The fraction of sp³-hybridized carbons (Fsp3) is 0.727. The molecule has 2 N–H and O–H groups in total. The molecule has 0 spiro atoms. The fourth-order valence-corrected chi connectivity index (χ4v) is 2.00. The van der Waals surface area contributed by atoms with Crippen LogP contribution in [-0.4, -0.2) is 41.4 Å². The van der Waals surface area contributed by atoms with Gasteiger partial charge in [-0.2, -0.15) is 22.3 Å². The zero-order chi connectivity index (χ0) is 13.1. The molecule has 0 heterocycles. The SMILES string of the molecule is CC(N)CSCC(=O)N(CCC#N)CCC#N. The monoisotopic (exact) mass is 254 g/mol. The van der Waals surface area contributed by atoms with Gasteiger partial charge >= 0.3 is 0 Å². The van der Waals surface area contributed by atoms with Crippen molar-refractivity contribution in [1.29, 1.82) is 10.5 Å². The lowest BCUT2D eigenvalue weighted by molar-refractivity contribution is -0.128. The molecule has 0 aromatic heterocycles. The lowest BCUT2D eigenvalue weighted by Crippen LogP contribution is -2.34. The minimum atomic E-state index is -0.0267. The molecule has 1 unspecified atom stereocenters. The minimum absolute atomic E-state index is 0.0267. The van der Waals surface area contributed by atoms with Gasteiger partial charge < -0.3 is 10.6 Å². The highest BCUT2D eigenvalue weighted by Gasteiger charge is 2.12. The van der Waals surface area contributed by atoms with Gasteiger partial charge in [0.1, 0.15) is 0 Å². The number of amides is 1. The molecule has 94 valence electrons. The lowest BCUT2D eigenvalue weighted by Gasteiger charge is -2.20. The Hall–Kier alpha value is -1.24. The van der Waals surface area contributed by atoms with E-state index in [4.69, 9.17) is 16.3 Å². The number of rotatable bonds is 8. The van der Waals surface area contributed by atoms with Crippen molar-refractivity contribution in [3.05, 3.63) is 0 Å².